The van der Waals surface area contributed by atoms with Crippen LogP contribution in [0.5, 0.6) is 0 Å². The van der Waals surface area contributed by atoms with Crippen LogP contribution in [-0.2, 0) is 6.54 Å². The maximum Gasteiger partial charge on any atom is 0.192 e. The first-order chi connectivity index (χ1) is 12.3. The second-order valence-corrected chi connectivity index (χ2v) is 8.55. The molecular weight excluding hydrogens is 435 g/mol. The fourth-order valence-electron chi connectivity index (χ4n) is 5.43. The lowest BCUT2D eigenvalue weighted by molar-refractivity contribution is -0.0322. The van der Waals surface area contributed by atoms with Crippen LogP contribution in [0.4, 0.5) is 0 Å². The lowest BCUT2D eigenvalue weighted by atomic mass is 9.68. The summed E-state index contributed by atoms with van der Waals surface area (Å²) in [5.74, 6) is 1.09. The van der Waals surface area contributed by atoms with E-state index in [9.17, 15) is 0 Å². The van der Waals surface area contributed by atoms with E-state index >= 15 is 0 Å². The van der Waals surface area contributed by atoms with Crippen molar-refractivity contribution in [2.24, 2.45) is 4.99 Å². The van der Waals surface area contributed by atoms with Crippen molar-refractivity contribution >= 4 is 29.9 Å². The minimum Gasteiger partial charge on any atom is -0.354 e. The summed E-state index contributed by atoms with van der Waals surface area (Å²) in [5.41, 5.74) is 1.88. The van der Waals surface area contributed by atoms with Gasteiger partial charge in [0, 0.05) is 24.7 Å². The van der Waals surface area contributed by atoms with Crippen LogP contribution in [0.3, 0.4) is 0 Å². The molecule has 2 N–H and O–H groups in total. The van der Waals surface area contributed by atoms with Crippen molar-refractivity contribution in [2.45, 2.75) is 81.6 Å². The maximum absolute atomic E-state index is 4.90. The number of piperidine rings is 1. The summed E-state index contributed by atoms with van der Waals surface area (Å²) >= 11 is 0. The number of rotatable bonds is 3. The molecule has 4 aliphatic rings. The van der Waals surface area contributed by atoms with E-state index in [1.807, 2.05) is 0 Å². The average Bonchev–Trinajstić information content (AvgIpc) is 3.17. The van der Waals surface area contributed by atoms with E-state index in [1.165, 1.54) is 63.5 Å². The van der Waals surface area contributed by atoms with Gasteiger partial charge in [0.1, 0.15) is 0 Å². The van der Waals surface area contributed by atoms with E-state index < -0.39 is 0 Å². The van der Waals surface area contributed by atoms with E-state index in [-0.39, 0.29) is 24.0 Å². The minimum absolute atomic E-state index is 0. The van der Waals surface area contributed by atoms with Crippen molar-refractivity contribution in [3.05, 3.63) is 35.9 Å². The zero-order valence-corrected chi connectivity index (χ0v) is 17.8. The van der Waals surface area contributed by atoms with E-state index in [1.54, 1.807) is 0 Å². The van der Waals surface area contributed by atoms with Crippen molar-refractivity contribution in [1.29, 1.82) is 0 Å². The summed E-state index contributed by atoms with van der Waals surface area (Å²) < 4.78 is 0. The van der Waals surface area contributed by atoms with Gasteiger partial charge in [-0.2, -0.15) is 0 Å². The number of guanidine groups is 1. The Hall–Kier alpha value is -0.820. The Morgan fingerprint density at radius 1 is 1.12 bits per heavy atom. The molecule has 3 fully saturated rings. The minimum atomic E-state index is 0. The molecule has 1 aromatic rings. The molecule has 0 amide bonds. The molecule has 1 unspecified atom stereocenters. The summed E-state index contributed by atoms with van der Waals surface area (Å²) in [6.07, 6.45) is 10.5. The second kappa shape index (κ2) is 7.66. The van der Waals surface area contributed by atoms with Gasteiger partial charge in [-0.15, -0.1) is 24.0 Å². The Morgan fingerprint density at radius 2 is 1.96 bits per heavy atom. The van der Waals surface area contributed by atoms with E-state index in [2.05, 4.69) is 45.9 Å². The smallest absolute Gasteiger partial charge is 0.192 e. The van der Waals surface area contributed by atoms with Crippen molar-refractivity contribution in [3.63, 3.8) is 0 Å². The van der Waals surface area contributed by atoms with Gasteiger partial charge in [0.25, 0.3) is 0 Å². The summed E-state index contributed by atoms with van der Waals surface area (Å²) in [4.78, 5) is 7.67. The molecule has 5 rings (SSSR count). The molecule has 0 bridgehead atoms. The van der Waals surface area contributed by atoms with Gasteiger partial charge in [-0.1, -0.05) is 30.3 Å². The van der Waals surface area contributed by atoms with Crippen LogP contribution in [0, 0.1) is 0 Å². The van der Waals surface area contributed by atoms with Gasteiger partial charge in [-0.3, -0.25) is 4.90 Å². The molecule has 2 aliphatic carbocycles. The Balaban J connectivity index is 0.00000168. The summed E-state index contributed by atoms with van der Waals surface area (Å²) in [5, 5.41) is 7.41. The highest BCUT2D eigenvalue weighted by atomic mass is 127. The van der Waals surface area contributed by atoms with Gasteiger partial charge in [-0.05, 0) is 56.9 Å². The quantitative estimate of drug-likeness (QED) is 0.669. The third-order valence-electron chi connectivity index (χ3n) is 6.98. The third kappa shape index (κ3) is 3.49. The van der Waals surface area contributed by atoms with Crippen LogP contribution < -0.4 is 10.6 Å². The van der Waals surface area contributed by atoms with Crippen LogP contribution in [0.25, 0.3) is 0 Å². The zero-order valence-electron chi connectivity index (χ0n) is 15.5. The molecular formula is C21H31IN4. The number of nitrogens with one attached hydrogen (secondary N) is 2. The van der Waals surface area contributed by atoms with Crippen molar-refractivity contribution < 1.29 is 0 Å². The Labute approximate surface area is 174 Å². The molecule has 2 aliphatic heterocycles. The molecule has 5 heteroatoms. The SMILES string of the molecule is I.c1ccc(CN2CCC(NC3=N[C@H]4CCC[C@H]4N3)CC23CCC3)cc1. The van der Waals surface area contributed by atoms with E-state index in [0.29, 0.717) is 23.7 Å². The highest BCUT2D eigenvalue weighted by Crippen LogP contribution is 2.45. The lowest BCUT2D eigenvalue weighted by Crippen LogP contribution is -2.61. The van der Waals surface area contributed by atoms with E-state index in [4.69, 9.17) is 4.99 Å². The number of nitrogens with zero attached hydrogens (tertiary/aromatic N) is 2. The number of hydrogen-bond acceptors (Lipinski definition) is 4. The van der Waals surface area contributed by atoms with Crippen LogP contribution >= 0.6 is 24.0 Å². The molecule has 3 atom stereocenters. The lowest BCUT2D eigenvalue weighted by Gasteiger charge is -2.55. The molecule has 1 saturated heterocycles. The fourth-order valence-corrected chi connectivity index (χ4v) is 5.43. The zero-order chi connectivity index (χ0) is 16.7. The molecule has 0 aromatic heterocycles. The first kappa shape index (κ1) is 18.5. The summed E-state index contributed by atoms with van der Waals surface area (Å²) in [7, 11) is 0. The van der Waals surface area contributed by atoms with E-state index in [0.717, 1.165) is 12.5 Å². The normalized spacial score (nSPS) is 32.2. The van der Waals surface area contributed by atoms with Gasteiger partial charge in [0.2, 0.25) is 0 Å². The predicted molar refractivity (Wildman–Crippen MR) is 117 cm³/mol. The molecule has 26 heavy (non-hydrogen) atoms. The second-order valence-electron chi connectivity index (χ2n) is 8.55. The maximum atomic E-state index is 4.90. The van der Waals surface area contributed by atoms with Gasteiger partial charge >= 0.3 is 0 Å². The Kier molecular flexibility index (Phi) is 5.46. The number of aliphatic imine (C=N–C) groups is 1. The van der Waals surface area contributed by atoms with Gasteiger partial charge in [0.05, 0.1) is 12.1 Å². The molecule has 0 radical (unpaired) electrons. The van der Waals surface area contributed by atoms with Crippen molar-refractivity contribution in [3.8, 4) is 0 Å². The Bertz CT molecular complexity index is 643. The van der Waals surface area contributed by atoms with Gasteiger partial charge < -0.3 is 10.6 Å². The van der Waals surface area contributed by atoms with Crippen molar-refractivity contribution in [1.82, 2.24) is 15.5 Å². The highest BCUT2D eigenvalue weighted by Gasteiger charge is 2.47. The first-order valence-corrected chi connectivity index (χ1v) is 10.2. The number of halogens is 1. The topological polar surface area (TPSA) is 39.7 Å². The molecule has 4 nitrogen and oxygen atoms in total. The number of hydrogen-bond donors (Lipinski definition) is 2. The summed E-state index contributed by atoms with van der Waals surface area (Å²) in [6, 6.07) is 12.7. The third-order valence-corrected chi connectivity index (χ3v) is 6.98. The largest absolute Gasteiger partial charge is 0.354 e. The molecule has 2 heterocycles. The van der Waals surface area contributed by atoms with Crippen LogP contribution in [-0.4, -0.2) is 41.1 Å². The van der Waals surface area contributed by atoms with Gasteiger partial charge in [-0.25, -0.2) is 4.99 Å². The van der Waals surface area contributed by atoms with Crippen LogP contribution in [0.1, 0.15) is 56.9 Å². The van der Waals surface area contributed by atoms with Crippen LogP contribution in [0.2, 0.25) is 0 Å². The Morgan fingerprint density at radius 3 is 2.69 bits per heavy atom. The molecule has 142 valence electrons. The standard InChI is InChI=1S/C21H30N4.HI/c1-2-6-16(7-3-1)15-25-13-10-17(14-21(25)11-5-12-21)22-20-23-18-8-4-9-19(18)24-20;/h1-3,6-7,17-19H,4-5,8-15H2,(H2,22,23,24);1H/t17?,18-,19+;. The monoisotopic (exact) mass is 466 g/mol. The summed E-state index contributed by atoms with van der Waals surface area (Å²) in [6.45, 7) is 2.31. The number of likely N-dealkylation sites (tertiary alicyclic amines) is 1. The van der Waals surface area contributed by atoms with Crippen molar-refractivity contribution in [2.75, 3.05) is 6.54 Å². The highest BCUT2D eigenvalue weighted by molar-refractivity contribution is 14.0. The number of fused-ring (bicyclic) bond motifs is 1. The molecule has 1 spiro atoms. The first-order valence-electron chi connectivity index (χ1n) is 10.2. The molecule has 2 saturated carbocycles. The average molecular weight is 466 g/mol. The fraction of sp³-hybridized carbons (Fsp3) is 0.667. The van der Waals surface area contributed by atoms with Gasteiger partial charge in [0.15, 0.2) is 5.96 Å². The predicted octanol–water partition coefficient (Wildman–Crippen LogP) is 3.66. The van der Waals surface area contributed by atoms with Crippen LogP contribution in [0.15, 0.2) is 35.3 Å². The molecule has 1 aromatic carbocycles. The number of benzene rings is 1.